The highest BCUT2D eigenvalue weighted by Gasteiger charge is 2.46. The summed E-state index contributed by atoms with van der Waals surface area (Å²) in [5.41, 5.74) is 6.78. The van der Waals surface area contributed by atoms with E-state index in [1.807, 2.05) is 94.5 Å². The molecule has 0 spiro atoms. The van der Waals surface area contributed by atoms with Crippen LogP contribution in [0.1, 0.15) is 121 Å². The van der Waals surface area contributed by atoms with E-state index in [1.165, 1.54) is 6.92 Å². The van der Waals surface area contributed by atoms with Gasteiger partial charge in [-0.15, -0.1) is 5.73 Å². The van der Waals surface area contributed by atoms with E-state index >= 15 is 0 Å². The number of allylic oxidation sites excluding steroid dienone is 14. The molecule has 0 unspecified atom stereocenters. The van der Waals surface area contributed by atoms with Crippen molar-refractivity contribution in [3.05, 3.63) is 100 Å². The topological polar surface area (TPSA) is 83.8 Å². The SMILES string of the molecule is CC(=O)O[C@H]1CC(C)(C)C(=C=C/C(C)=C/C=C/C(C)=C/C=C/C=C(C)/C=C/C=C(\C)C(=O)CC[C@@]2(C)C[C@@H](O)CC(C)(C)C2)[C@](C)(O)C1. The van der Waals surface area contributed by atoms with Crippen molar-refractivity contribution in [2.75, 3.05) is 0 Å². The lowest BCUT2D eigenvalue weighted by molar-refractivity contribution is -0.152. The van der Waals surface area contributed by atoms with E-state index in [0.29, 0.717) is 19.3 Å². The third-order valence-electron chi connectivity index (χ3n) is 9.43. The Morgan fingerprint density at radius 2 is 1.35 bits per heavy atom. The Morgan fingerprint density at radius 1 is 0.792 bits per heavy atom. The zero-order valence-electron chi connectivity index (χ0n) is 31.6. The van der Waals surface area contributed by atoms with E-state index < -0.39 is 5.60 Å². The number of Topliss-reactive ketones (excluding diaryl/α,β-unsaturated/α-hetero) is 1. The van der Waals surface area contributed by atoms with Gasteiger partial charge >= 0.3 is 5.97 Å². The van der Waals surface area contributed by atoms with Crippen molar-refractivity contribution in [1.29, 1.82) is 0 Å². The molecule has 48 heavy (non-hydrogen) atoms. The number of ketones is 1. The van der Waals surface area contributed by atoms with Crippen molar-refractivity contribution in [1.82, 2.24) is 0 Å². The van der Waals surface area contributed by atoms with Gasteiger partial charge in [-0.25, -0.2) is 0 Å². The highest BCUT2D eigenvalue weighted by atomic mass is 16.5. The van der Waals surface area contributed by atoms with Gasteiger partial charge in [0, 0.05) is 25.3 Å². The number of hydrogen-bond acceptors (Lipinski definition) is 5. The molecule has 0 aromatic rings. The molecule has 2 saturated carbocycles. The van der Waals surface area contributed by atoms with Crippen molar-refractivity contribution in [3.63, 3.8) is 0 Å². The second-order valence-electron chi connectivity index (χ2n) is 16.3. The van der Waals surface area contributed by atoms with Crippen LogP contribution in [0.3, 0.4) is 0 Å². The molecule has 2 fully saturated rings. The second-order valence-corrected chi connectivity index (χ2v) is 16.3. The minimum absolute atomic E-state index is 0.00304. The van der Waals surface area contributed by atoms with Gasteiger partial charge in [-0.3, -0.25) is 9.59 Å². The fourth-order valence-electron chi connectivity index (χ4n) is 7.62. The van der Waals surface area contributed by atoms with Crippen LogP contribution in [0, 0.1) is 16.2 Å². The van der Waals surface area contributed by atoms with Crippen LogP contribution in [0.2, 0.25) is 0 Å². The molecule has 4 atom stereocenters. The Morgan fingerprint density at radius 3 is 1.90 bits per heavy atom. The van der Waals surface area contributed by atoms with Crippen LogP contribution >= 0.6 is 0 Å². The molecule has 0 aromatic carbocycles. The number of aliphatic hydroxyl groups excluding tert-OH is 1. The summed E-state index contributed by atoms with van der Waals surface area (Å²) in [7, 11) is 0. The standard InChI is InChI=1S/C43H62O5/c1-31(18-14-19-33(3)22-23-39-41(8,9)28-37(48-35(5)44)29-43(39,11)47)16-12-13-17-32(2)20-15-21-34(4)38(46)24-25-42(10)27-36(45)26-40(6,7)30-42/h12-22,36-37,45,47H,24-30H2,1-11H3/b13-12+,18-14+,20-15+,31-16+,32-17+,33-19+,34-21+/t23?,36-,37-,42-,43+/m0/s1. The molecule has 264 valence electrons. The molecule has 2 aliphatic rings. The van der Waals surface area contributed by atoms with Crippen LogP contribution in [0.15, 0.2) is 100 Å². The maximum Gasteiger partial charge on any atom is 0.302 e. The van der Waals surface area contributed by atoms with Crippen LogP contribution in [-0.4, -0.2) is 39.8 Å². The first kappa shape index (κ1) is 40.9. The van der Waals surface area contributed by atoms with Crippen molar-refractivity contribution in [3.8, 4) is 0 Å². The smallest absolute Gasteiger partial charge is 0.302 e. The van der Waals surface area contributed by atoms with Gasteiger partial charge in [-0.2, -0.15) is 0 Å². The number of aliphatic hydroxyl groups is 2. The molecule has 0 radical (unpaired) electrons. The number of hydrogen-bond donors (Lipinski definition) is 2. The molecule has 0 aliphatic heterocycles. The zero-order chi connectivity index (χ0) is 36.3. The van der Waals surface area contributed by atoms with Crippen molar-refractivity contribution in [2.45, 2.75) is 139 Å². The Labute approximate surface area is 291 Å². The predicted molar refractivity (Wildman–Crippen MR) is 199 cm³/mol. The summed E-state index contributed by atoms with van der Waals surface area (Å²) >= 11 is 0. The average Bonchev–Trinajstić information content (AvgIpc) is 2.91. The second kappa shape index (κ2) is 17.4. The number of ether oxygens (including phenoxy) is 1. The number of carbonyl (C=O) groups excluding carboxylic acids is 2. The molecule has 2 N–H and O–H groups in total. The summed E-state index contributed by atoms with van der Waals surface area (Å²) in [5, 5.41) is 21.5. The molecular weight excluding hydrogens is 596 g/mol. The van der Waals surface area contributed by atoms with Crippen molar-refractivity contribution < 1.29 is 24.5 Å². The van der Waals surface area contributed by atoms with E-state index in [0.717, 1.165) is 53.5 Å². The van der Waals surface area contributed by atoms with Gasteiger partial charge < -0.3 is 14.9 Å². The van der Waals surface area contributed by atoms with Crippen LogP contribution < -0.4 is 0 Å². The normalized spacial score (nSPS) is 28.6. The van der Waals surface area contributed by atoms with Gasteiger partial charge in [0.15, 0.2) is 5.78 Å². The number of esters is 1. The molecule has 5 heteroatoms. The molecule has 0 heterocycles. The summed E-state index contributed by atoms with van der Waals surface area (Å²) in [6, 6.07) is 0. The molecule has 0 amide bonds. The summed E-state index contributed by atoms with van der Waals surface area (Å²) < 4.78 is 5.42. The minimum atomic E-state index is -1.10. The Balaban J connectivity index is 1.91. The van der Waals surface area contributed by atoms with E-state index in [-0.39, 0.29) is 40.2 Å². The fraction of sp³-hybridized carbons (Fsp3) is 0.558. The lowest BCUT2D eigenvalue weighted by Gasteiger charge is -2.45. The van der Waals surface area contributed by atoms with Gasteiger partial charge in [-0.05, 0) is 100 Å². The van der Waals surface area contributed by atoms with Gasteiger partial charge in [0.05, 0.1) is 11.7 Å². The molecule has 2 aliphatic carbocycles. The van der Waals surface area contributed by atoms with Gasteiger partial charge in [0.25, 0.3) is 0 Å². The third kappa shape index (κ3) is 14.1. The minimum Gasteiger partial charge on any atom is -0.462 e. The molecule has 0 saturated heterocycles. The van der Waals surface area contributed by atoms with E-state index in [1.54, 1.807) is 6.92 Å². The number of carbonyl (C=O) groups is 2. The van der Waals surface area contributed by atoms with Crippen LogP contribution in [0.4, 0.5) is 0 Å². The van der Waals surface area contributed by atoms with Crippen LogP contribution in [-0.2, 0) is 14.3 Å². The number of rotatable bonds is 12. The highest BCUT2D eigenvalue weighted by Crippen LogP contribution is 2.49. The van der Waals surface area contributed by atoms with Crippen molar-refractivity contribution >= 4 is 11.8 Å². The maximum absolute atomic E-state index is 12.8. The summed E-state index contributed by atoms with van der Waals surface area (Å²) in [5.74, 6) is -0.153. The molecule has 0 aromatic heterocycles. The largest absolute Gasteiger partial charge is 0.462 e. The average molecular weight is 659 g/mol. The summed E-state index contributed by atoms with van der Waals surface area (Å²) in [6.07, 6.45) is 26.2. The van der Waals surface area contributed by atoms with Crippen LogP contribution in [0.5, 0.6) is 0 Å². The van der Waals surface area contributed by atoms with E-state index in [2.05, 4.69) is 40.3 Å². The van der Waals surface area contributed by atoms with Gasteiger partial charge in [0.1, 0.15) is 6.10 Å². The third-order valence-corrected chi connectivity index (χ3v) is 9.43. The van der Waals surface area contributed by atoms with Crippen LogP contribution in [0.25, 0.3) is 0 Å². The fourth-order valence-corrected chi connectivity index (χ4v) is 7.62. The first-order chi connectivity index (χ1) is 22.1. The first-order valence-electron chi connectivity index (χ1n) is 17.4. The molecule has 2 rings (SSSR count). The first-order valence-corrected chi connectivity index (χ1v) is 17.4. The summed E-state index contributed by atoms with van der Waals surface area (Å²) in [6.45, 7) is 21.9. The molecule has 0 bridgehead atoms. The monoisotopic (exact) mass is 658 g/mol. The van der Waals surface area contributed by atoms with Gasteiger partial charge in [0.2, 0.25) is 0 Å². The lowest BCUT2D eigenvalue weighted by Crippen LogP contribution is -2.46. The Kier molecular flexibility index (Phi) is 14.9. The highest BCUT2D eigenvalue weighted by molar-refractivity contribution is 5.95. The Hall–Kier alpha value is -3.24. The lowest BCUT2D eigenvalue weighted by atomic mass is 9.61. The van der Waals surface area contributed by atoms with Gasteiger partial charge in [-0.1, -0.05) is 107 Å². The van der Waals surface area contributed by atoms with E-state index in [4.69, 9.17) is 4.74 Å². The molecule has 5 nitrogen and oxygen atoms in total. The Bertz CT molecular complexity index is 1430. The maximum atomic E-state index is 12.8. The molecular formula is C43H62O5. The zero-order valence-corrected chi connectivity index (χ0v) is 31.6. The summed E-state index contributed by atoms with van der Waals surface area (Å²) in [4.78, 5) is 24.2. The van der Waals surface area contributed by atoms with E-state index in [9.17, 15) is 19.8 Å². The van der Waals surface area contributed by atoms with Crippen molar-refractivity contribution in [2.24, 2.45) is 16.2 Å². The quantitative estimate of drug-likeness (QED) is 0.0944. The predicted octanol–water partition coefficient (Wildman–Crippen LogP) is 9.95.